The van der Waals surface area contributed by atoms with Crippen molar-refractivity contribution in [1.82, 2.24) is 15.6 Å². The van der Waals surface area contributed by atoms with Crippen LogP contribution >= 0.6 is 0 Å². The summed E-state index contributed by atoms with van der Waals surface area (Å²) < 4.78 is 0. The van der Waals surface area contributed by atoms with Gasteiger partial charge in [-0.1, -0.05) is 35.9 Å². The highest BCUT2D eigenvalue weighted by Crippen LogP contribution is 2.04. The van der Waals surface area contributed by atoms with Crippen molar-refractivity contribution in [2.75, 3.05) is 18.9 Å². The van der Waals surface area contributed by atoms with Crippen LogP contribution in [0.25, 0.3) is 0 Å². The molecule has 1 aromatic heterocycles. The van der Waals surface area contributed by atoms with Crippen molar-refractivity contribution >= 4 is 17.7 Å². The van der Waals surface area contributed by atoms with E-state index < -0.39 is 0 Å². The van der Waals surface area contributed by atoms with Gasteiger partial charge in [-0.2, -0.15) is 0 Å². The maximum Gasteiger partial charge on any atom is 0.227 e. The standard InChI is InChI=1S/C19H25N5O/c1-14-7-9-16(10-8-14)13-22-19(20-3)21-12-11-18(25)24-17-6-4-5-15(2)23-17/h4-10H,11-13H2,1-3H3,(H2,20,21,22)(H,23,24,25). The molecule has 132 valence electrons. The lowest BCUT2D eigenvalue weighted by molar-refractivity contribution is -0.116. The maximum atomic E-state index is 12.0. The van der Waals surface area contributed by atoms with Crippen LogP contribution in [0, 0.1) is 13.8 Å². The van der Waals surface area contributed by atoms with Crippen LogP contribution in [0.15, 0.2) is 47.5 Å². The average Bonchev–Trinajstić information content (AvgIpc) is 2.59. The Morgan fingerprint density at radius 3 is 2.52 bits per heavy atom. The molecule has 0 spiro atoms. The molecule has 0 saturated heterocycles. The molecule has 2 rings (SSSR count). The number of hydrogen-bond donors (Lipinski definition) is 3. The van der Waals surface area contributed by atoms with Crippen LogP contribution in [-0.4, -0.2) is 30.4 Å². The van der Waals surface area contributed by atoms with Crippen molar-refractivity contribution in [3.05, 3.63) is 59.3 Å². The number of aryl methyl sites for hydroxylation is 2. The zero-order valence-electron chi connectivity index (χ0n) is 15.0. The Kier molecular flexibility index (Phi) is 6.95. The van der Waals surface area contributed by atoms with Gasteiger partial charge in [-0.3, -0.25) is 9.79 Å². The lowest BCUT2D eigenvalue weighted by Crippen LogP contribution is -2.38. The number of guanidine groups is 1. The minimum atomic E-state index is -0.0837. The molecule has 3 N–H and O–H groups in total. The van der Waals surface area contributed by atoms with E-state index in [-0.39, 0.29) is 5.91 Å². The van der Waals surface area contributed by atoms with Crippen molar-refractivity contribution in [3.8, 4) is 0 Å². The minimum absolute atomic E-state index is 0.0837. The number of nitrogens with one attached hydrogen (secondary N) is 3. The molecule has 25 heavy (non-hydrogen) atoms. The van der Waals surface area contributed by atoms with E-state index in [1.807, 2.05) is 19.1 Å². The van der Waals surface area contributed by atoms with Gasteiger partial charge < -0.3 is 16.0 Å². The fourth-order valence-electron chi connectivity index (χ4n) is 2.22. The summed E-state index contributed by atoms with van der Waals surface area (Å²) in [4.78, 5) is 20.4. The Morgan fingerprint density at radius 2 is 1.84 bits per heavy atom. The highest BCUT2D eigenvalue weighted by molar-refractivity contribution is 5.90. The molecule has 1 aromatic carbocycles. The van der Waals surface area contributed by atoms with Crippen LogP contribution in [0.3, 0.4) is 0 Å². The van der Waals surface area contributed by atoms with Crippen molar-refractivity contribution < 1.29 is 4.79 Å². The van der Waals surface area contributed by atoms with Gasteiger partial charge in [0.05, 0.1) is 0 Å². The second-order valence-electron chi connectivity index (χ2n) is 5.80. The summed E-state index contributed by atoms with van der Waals surface area (Å²) in [6.07, 6.45) is 0.334. The Bertz CT molecular complexity index is 725. The smallest absolute Gasteiger partial charge is 0.227 e. The SMILES string of the molecule is CN=C(NCCC(=O)Nc1cccc(C)n1)NCc1ccc(C)cc1. The Balaban J connectivity index is 1.71. The number of pyridine rings is 1. The zero-order valence-corrected chi connectivity index (χ0v) is 15.0. The number of carbonyl (C=O) groups excluding carboxylic acids is 1. The molecule has 0 aliphatic carbocycles. The van der Waals surface area contributed by atoms with Gasteiger partial charge in [0.2, 0.25) is 5.91 Å². The molecule has 0 aliphatic rings. The monoisotopic (exact) mass is 339 g/mol. The Hall–Kier alpha value is -2.89. The van der Waals surface area contributed by atoms with Gasteiger partial charge in [-0.05, 0) is 31.5 Å². The Morgan fingerprint density at radius 1 is 1.08 bits per heavy atom. The summed E-state index contributed by atoms with van der Waals surface area (Å²) in [6.45, 7) is 5.13. The van der Waals surface area contributed by atoms with Crippen LogP contribution in [0.5, 0.6) is 0 Å². The molecular formula is C19H25N5O. The first-order valence-corrected chi connectivity index (χ1v) is 8.30. The lowest BCUT2D eigenvalue weighted by atomic mass is 10.1. The first-order chi connectivity index (χ1) is 12.1. The number of benzene rings is 1. The quantitative estimate of drug-likeness (QED) is 0.558. The highest BCUT2D eigenvalue weighted by Gasteiger charge is 2.04. The van der Waals surface area contributed by atoms with Gasteiger partial charge in [0, 0.05) is 32.3 Å². The number of carbonyl (C=O) groups is 1. The molecule has 0 bridgehead atoms. The number of aliphatic imine (C=N–C) groups is 1. The maximum absolute atomic E-state index is 12.0. The number of aromatic nitrogens is 1. The van der Waals surface area contributed by atoms with Crippen molar-refractivity contribution in [2.45, 2.75) is 26.8 Å². The van der Waals surface area contributed by atoms with Crippen LogP contribution < -0.4 is 16.0 Å². The summed E-state index contributed by atoms with van der Waals surface area (Å²) in [5.74, 6) is 1.16. The molecule has 0 atom stereocenters. The van der Waals surface area contributed by atoms with Crippen LogP contribution in [0.4, 0.5) is 5.82 Å². The van der Waals surface area contributed by atoms with Gasteiger partial charge in [-0.15, -0.1) is 0 Å². The van der Waals surface area contributed by atoms with Gasteiger partial charge in [0.15, 0.2) is 5.96 Å². The summed E-state index contributed by atoms with van der Waals surface area (Å²) >= 11 is 0. The van der Waals surface area contributed by atoms with Crippen LogP contribution in [-0.2, 0) is 11.3 Å². The van der Waals surface area contributed by atoms with Crippen molar-refractivity contribution in [3.63, 3.8) is 0 Å². The van der Waals surface area contributed by atoms with E-state index in [9.17, 15) is 4.79 Å². The first kappa shape index (κ1) is 18.4. The highest BCUT2D eigenvalue weighted by atomic mass is 16.1. The molecule has 0 saturated carbocycles. The van der Waals surface area contributed by atoms with E-state index in [2.05, 4.69) is 57.1 Å². The summed E-state index contributed by atoms with van der Waals surface area (Å²) in [5, 5.41) is 9.15. The minimum Gasteiger partial charge on any atom is -0.356 e. The second kappa shape index (κ2) is 9.42. The number of nitrogens with zero attached hydrogens (tertiary/aromatic N) is 2. The van der Waals surface area contributed by atoms with E-state index in [0.29, 0.717) is 31.3 Å². The van der Waals surface area contributed by atoms with Gasteiger partial charge >= 0.3 is 0 Å². The number of anilines is 1. The molecule has 6 nitrogen and oxygen atoms in total. The van der Waals surface area contributed by atoms with E-state index in [1.54, 1.807) is 13.1 Å². The van der Waals surface area contributed by atoms with Crippen molar-refractivity contribution in [2.24, 2.45) is 4.99 Å². The molecule has 0 aliphatic heterocycles. The van der Waals surface area contributed by atoms with Gasteiger partial charge in [-0.25, -0.2) is 4.98 Å². The predicted molar refractivity (Wildman–Crippen MR) is 102 cm³/mol. The summed E-state index contributed by atoms with van der Waals surface area (Å²) in [5.41, 5.74) is 3.29. The second-order valence-corrected chi connectivity index (χ2v) is 5.80. The normalized spacial score (nSPS) is 11.1. The molecule has 6 heteroatoms. The molecule has 0 fully saturated rings. The number of rotatable bonds is 6. The summed E-state index contributed by atoms with van der Waals surface area (Å²) in [7, 11) is 1.71. The third-order valence-electron chi connectivity index (χ3n) is 3.60. The molecule has 0 radical (unpaired) electrons. The number of amides is 1. The third-order valence-corrected chi connectivity index (χ3v) is 3.60. The molecule has 1 amide bonds. The summed E-state index contributed by atoms with van der Waals surface area (Å²) in [6, 6.07) is 13.9. The lowest BCUT2D eigenvalue weighted by Gasteiger charge is -2.12. The Labute approximate surface area is 148 Å². The van der Waals surface area contributed by atoms with E-state index >= 15 is 0 Å². The fraction of sp³-hybridized carbons (Fsp3) is 0.316. The predicted octanol–water partition coefficient (Wildman–Crippen LogP) is 2.39. The third kappa shape index (κ3) is 6.63. The first-order valence-electron chi connectivity index (χ1n) is 8.30. The molecule has 2 aromatic rings. The number of hydrogen-bond acceptors (Lipinski definition) is 3. The van der Waals surface area contributed by atoms with E-state index in [4.69, 9.17) is 0 Å². The molecule has 0 unspecified atom stereocenters. The van der Waals surface area contributed by atoms with Crippen molar-refractivity contribution in [1.29, 1.82) is 0 Å². The average molecular weight is 339 g/mol. The molecule has 1 heterocycles. The van der Waals surface area contributed by atoms with Crippen LogP contribution in [0.1, 0.15) is 23.2 Å². The molecular weight excluding hydrogens is 314 g/mol. The van der Waals surface area contributed by atoms with Crippen LogP contribution in [0.2, 0.25) is 0 Å². The van der Waals surface area contributed by atoms with Gasteiger partial charge in [0.1, 0.15) is 5.82 Å². The fourth-order valence-corrected chi connectivity index (χ4v) is 2.22. The zero-order chi connectivity index (χ0) is 18.1. The van der Waals surface area contributed by atoms with E-state index in [1.165, 1.54) is 11.1 Å². The largest absolute Gasteiger partial charge is 0.356 e. The van der Waals surface area contributed by atoms with E-state index in [0.717, 1.165) is 5.69 Å². The van der Waals surface area contributed by atoms with Gasteiger partial charge in [0.25, 0.3) is 0 Å². The topological polar surface area (TPSA) is 78.4 Å².